The van der Waals surface area contributed by atoms with Crippen LogP contribution in [0.2, 0.25) is 0 Å². The number of ether oxygens (including phenoxy) is 1. The van der Waals surface area contributed by atoms with Gasteiger partial charge in [-0.25, -0.2) is 4.98 Å². The molecule has 3 nitrogen and oxygen atoms in total. The van der Waals surface area contributed by atoms with Crippen molar-refractivity contribution in [2.75, 3.05) is 12.3 Å². The van der Waals surface area contributed by atoms with E-state index in [1.807, 2.05) is 19.1 Å². The predicted octanol–water partition coefficient (Wildman–Crippen LogP) is 3.43. The minimum absolute atomic E-state index is 0.606. The van der Waals surface area contributed by atoms with Crippen molar-refractivity contribution in [2.24, 2.45) is 0 Å². The number of nitrogens with two attached hydrogens (primary N) is 1. The van der Waals surface area contributed by atoms with E-state index < -0.39 is 0 Å². The van der Waals surface area contributed by atoms with Crippen molar-refractivity contribution in [3.05, 3.63) is 30.3 Å². The first kappa shape index (κ1) is 10.4. The minimum atomic E-state index is 0.606. The van der Waals surface area contributed by atoms with Gasteiger partial charge in [-0.05, 0) is 30.5 Å². The summed E-state index contributed by atoms with van der Waals surface area (Å²) < 4.78 is 6.65. The Morgan fingerprint density at radius 1 is 1.29 bits per heavy atom. The summed E-state index contributed by atoms with van der Waals surface area (Å²) in [4.78, 5) is 4.29. The van der Waals surface area contributed by atoms with E-state index in [0.29, 0.717) is 11.7 Å². The second kappa shape index (κ2) is 3.89. The third-order valence-electron chi connectivity index (χ3n) is 2.67. The number of rotatable bonds is 2. The maximum absolute atomic E-state index is 5.75. The molecule has 2 aromatic carbocycles. The monoisotopic (exact) mass is 244 g/mol. The molecule has 0 amide bonds. The van der Waals surface area contributed by atoms with Gasteiger partial charge < -0.3 is 10.5 Å². The molecule has 0 unspecified atom stereocenters. The van der Waals surface area contributed by atoms with Crippen LogP contribution in [0.25, 0.3) is 21.0 Å². The molecule has 0 aliphatic heterocycles. The lowest BCUT2D eigenvalue weighted by atomic mass is 10.1. The van der Waals surface area contributed by atoms with Crippen molar-refractivity contribution in [1.82, 2.24) is 4.98 Å². The van der Waals surface area contributed by atoms with E-state index >= 15 is 0 Å². The van der Waals surface area contributed by atoms with Crippen LogP contribution < -0.4 is 10.5 Å². The van der Waals surface area contributed by atoms with Gasteiger partial charge in [-0.3, -0.25) is 0 Å². The van der Waals surface area contributed by atoms with Gasteiger partial charge in [0.25, 0.3) is 0 Å². The van der Waals surface area contributed by atoms with Gasteiger partial charge in [-0.15, -0.1) is 0 Å². The second-order valence-electron chi connectivity index (χ2n) is 3.78. The maximum Gasteiger partial charge on any atom is 0.181 e. The summed E-state index contributed by atoms with van der Waals surface area (Å²) in [5.41, 5.74) is 6.71. The number of thiazole rings is 1. The summed E-state index contributed by atoms with van der Waals surface area (Å²) in [6.45, 7) is 2.65. The van der Waals surface area contributed by atoms with E-state index in [0.717, 1.165) is 21.4 Å². The Bertz CT molecular complexity index is 690. The predicted molar refractivity (Wildman–Crippen MR) is 72.7 cm³/mol. The highest BCUT2D eigenvalue weighted by Gasteiger charge is 2.06. The van der Waals surface area contributed by atoms with Crippen molar-refractivity contribution in [3.63, 3.8) is 0 Å². The van der Waals surface area contributed by atoms with Gasteiger partial charge >= 0.3 is 0 Å². The molecule has 0 spiro atoms. The molecular weight excluding hydrogens is 232 g/mol. The van der Waals surface area contributed by atoms with Crippen LogP contribution in [0.15, 0.2) is 30.3 Å². The van der Waals surface area contributed by atoms with Crippen LogP contribution in [0.3, 0.4) is 0 Å². The van der Waals surface area contributed by atoms with Gasteiger partial charge in [-0.2, -0.15) is 0 Å². The van der Waals surface area contributed by atoms with Crippen molar-refractivity contribution >= 4 is 37.5 Å². The van der Waals surface area contributed by atoms with Crippen molar-refractivity contribution < 1.29 is 4.74 Å². The van der Waals surface area contributed by atoms with Gasteiger partial charge in [0.05, 0.1) is 16.8 Å². The number of anilines is 1. The molecule has 1 aromatic heterocycles. The summed E-state index contributed by atoms with van der Waals surface area (Å²) in [5.74, 6) is 0.888. The highest BCUT2D eigenvalue weighted by atomic mass is 32.1. The number of hydrogen-bond donors (Lipinski definition) is 1. The largest absolute Gasteiger partial charge is 0.494 e. The van der Waals surface area contributed by atoms with E-state index in [-0.39, 0.29) is 0 Å². The van der Waals surface area contributed by atoms with Crippen molar-refractivity contribution in [1.29, 1.82) is 0 Å². The number of benzene rings is 2. The minimum Gasteiger partial charge on any atom is -0.494 e. The lowest BCUT2D eigenvalue weighted by molar-refractivity contribution is 0.341. The smallest absolute Gasteiger partial charge is 0.181 e. The van der Waals surface area contributed by atoms with Crippen LogP contribution >= 0.6 is 11.3 Å². The Morgan fingerprint density at radius 2 is 2.12 bits per heavy atom. The topological polar surface area (TPSA) is 48.1 Å². The molecule has 3 aromatic rings. The normalized spacial score (nSPS) is 11.1. The van der Waals surface area contributed by atoms with Gasteiger partial charge in [0, 0.05) is 5.39 Å². The number of aromatic nitrogens is 1. The molecular formula is C13H12N2OS. The molecule has 0 atom stereocenters. The molecule has 0 fully saturated rings. The van der Waals surface area contributed by atoms with Gasteiger partial charge in [-0.1, -0.05) is 23.5 Å². The molecule has 0 saturated heterocycles. The van der Waals surface area contributed by atoms with Gasteiger partial charge in [0.1, 0.15) is 5.75 Å². The fraction of sp³-hybridized carbons (Fsp3) is 0.154. The van der Waals surface area contributed by atoms with E-state index in [1.54, 1.807) is 0 Å². The molecule has 4 heteroatoms. The van der Waals surface area contributed by atoms with Gasteiger partial charge in [0.2, 0.25) is 0 Å². The molecule has 2 N–H and O–H groups in total. The first-order valence-corrected chi connectivity index (χ1v) is 6.31. The third kappa shape index (κ3) is 1.70. The first-order valence-electron chi connectivity index (χ1n) is 5.49. The molecule has 3 rings (SSSR count). The summed E-state index contributed by atoms with van der Waals surface area (Å²) in [5, 5.41) is 2.95. The van der Waals surface area contributed by atoms with E-state index in [1.165, 1.54) is 16.7 Å². The maximum atomic E-state index is 5.75. The zero-order chi connectivity index (χ0) is 11.8. The number of nitrogen functional groups attached to an aromatic ring is 1. The molecule has 0 radical (unpaired) electrons. The van der Waals surface area contributed by atoms with Crippen molar-refractivity contribution in [2.45, 2.75) is 6.92 Å². The molecule has 0 saturated carbocycles. The molecule has 1 heterocycles. The van der Waals surface area contributed by atoms with E-state index in [4.69, 9.17) is 10.5 Å². The molecule has 17 heavy (non-hydrogen) atoms. The Kier molecular flexibility index (Phi) is 2.37. The van der Waals surface area contributed by atoms with Crippen LogP contribution in [0.1, 0.15) is 6.92 Å². The number of fused-ring (bicyclic) bond motifs is 3. The fourth-order valence-electron chi connectivity index (χ4n) is 1.96. The summed E-state index contributed by atoms with van der Waals surface area (Å²) in [6.07, 6.45) is 0. The SMILES string of the molecule is CCOc1ccc2ccc3nc(N)sc3c2c1. The van der Waals surface area contributed by atoms with Crippen LogP contribution in [-0.4, -0.2) is 11.6 Å². The summed E-state index contributed by atoms with van der Waals surface area (Å²) in [6, 6.07) is 10.2. The highest BCUT2D eigenvalue weighted by Crippen LogP contribution is 2.33. The van der Waals surface area contributed by atoms with Crippen LogP contribution in [0.4, 0.5) is 5.13 Å². The highest BCUT2D eigenvalue weighted by molar-refractivity contribution is 7.23. The van der Waals surface area contributed by atoms with E-state index in [2.05, 4.69) is 23.2 Å². The van der Waals surface area contributed by atoms with Crippen LogP contribution in [0.5, 0.6) is 5.75 Å². The Morgan fingerprint density at radius 3 is 2.94 bits per heavy atom. The quantitative estimate of drug-likeness (QED) is 0.751. The lowest BCUT2D eigenvalue weighted by Gasteiger charge is -2.04. The standard InChI is InChI=1S/C13H12N2OS/c1-2-16-9-5-3-8-4-6-11-12(10(8)7-9)17-13(14)15-11/h3-7H,2H2,1H3,(H2,14,15). The Balaban J connectivity index is 2.33. The molecule has 0 bridgehead atoms. The Labute approximate surface area is 103 Å². The molecule has 0 aliphatic carbocycles. The molecule has 0 aliphatic rings. The first-order chi connectivity index (χ1) is 8.28. The van der Waals surface area contributed by atoms with Crippen LogP contribution in [0, 0.1) is 0 Å². The van der Waals surface area contributed by atoms with Crippen LogP contribution in [-0.2, 0) is 0 Å². The zero-order valence-electron chi connectivity index (χ0n) is 9.43. The molecule has 86 valence electrons. The van der Waals surface area contributed by atoms with E-state index in [9.17, 15) is 0 Å². The van der Waals surface area contributed by atoms with Gasteiger partial charge in [0.15, 0.2) is 5.13 Å². The average molecular weight is 244 g/mol. The fourth-order valence-corrected chi connectivity index (χ4v) is 2.82. The number of hydrogen-bond acceptors (Lipinski definition) is 4. The summed E-state index contributed by atoms with van der Waals surface area (Å²) >= 11 is 1.52. The zero-order valence-corrected chi connectivity index (χ0v) is 10.3. The van der Waals surface area contributed by atoms with Crippen molar-refractivity contribution in [3.8, 4) is 5.75 Å². The third-order valence-corrected chi connectivity index (χ3v) is 3.60. The average Bonchev–Trinajstić information content (AvgIpc) is 2.70. The Hall–Kier alpha value is -1.81. The number of nitrogens with zero attached hydrogens (tertiary/aromatic N) is 1. The second-order valence-corrected chi connectivity index (χ2v) is 4.81. The summed E-state index contributed by atoms with van der Waals surface area (Å²) in [7, 11) is 0. The lowest BCUT2D eigenvalue weighted by Crippen LogP contribution is -1.90.